The van der Waals surface area contributed by atoms with Gasteiger partial charge in [0.25, 0.3) is 5.56 Å². The summed E-state index contributed by atoms with van der Waals surface area (Å²) >= 11 is 1.53. The third kappa shape index (κ3) is 3.30. The summed E-state index contributed by atoms with van der Waals surface area (Å²) in [5, 5.41) is 0.671. The average molecular weight is 334 g/mol. The predicted molar refractivity (Wildman–Crippen MR) is 91.8 cm³/mol. The number of hydrogen-bond acceptors (Lipinski definition) is 5. The number of nitrogens with zero attached hydrogens (tertiary/aromatic N) is 2. The van der Waals surface area contributed by atoms with Gasteiger partial charge in [0.1, 0.15) is 10.7 Å². The molecule has 7 heteroatoms. The summed E-state index contributed by atoms with van der Waals surface area (Å²) in [5.74, 6) is 0.667. The molecule has 23 heavy (non-hydrogen) atoms. The van der Waals surface area contributed by atoms with Crippen molar-refractivity contribution in [2.24, 2.45) is 5.73 Å². The van der Waals surface area contributed by atoms with Gasteiger partial charge in [0, 0.05) is 36.9 Å². The number of likely N-dealkylation sites (tertiary alicyclic amines) is 1. The first kappa shape index (κ1) is 16.1. The highest BCUT2D eigenvalue weighted by molar-refractivity contribution is 7.18. The van der Waals surface area contributed by atoms with Gasteiger partial charge in [-0.25, -0.2) is 4.98 Å². The molecule has 124 valence electrons. The predicted octanol–water partition coefficient (Wildman–Crippen LogP) is 1.48. The molecule has 3 N–H and O–H groups in total. The van der Waals surface area contributed by atoms with Crippen LogP contribution in [0, 0.1) is 13.8 Å². The molecule has 0 aliphatic carbocycles. The lowest BCUT2D eigenvalue weighted by Crippen LogP contribution is -2.45. The molecule has 1 atom stereocenters. The molecule has 1 unspecified atom stereocenters. The molecule has 2 aromatic rings. The monoisotopic (exact) mass is 334 g/mol. The molecular formula is C16H22N4O2S. The quantitative estimate of drug-likeness (QED) is 0.889. The van der Waals surface area contributed by atoms with Gasteiger partial charge in [-0.05, 0) is 32.3 Å². The van der Waals surface area contributed by atoms with Crippen LogP contribution < -0.4 is 11.3 Å². The highest BCUT2D eigenvalue weighted by Gasteiger charge is 2.21. The summed E-state index contributed by atoms with van der Waals surface area (Å²) in [4.78, 5) is 35.5. The fraction of sp³-hybridized carbons (Fsp3) is 0.562. The van der Waals surface area contributed by atoms with E-state index in [1.807, 2.05) is 18.7 Å². The number of nitrogens with two attached hydrogens (primary N) is 1. The van der Waals surface area contributed by atoms with Crippen molar-refractivity contribution in [2.45, 2.75) is 45.6 Å². The molecule has 3 heterocycles. The largest absolute Gasteiger partial charge is 0.341 e. The van der Waals surface area contributed by atoms with E-state index < -0.39 is 0 Å². The minimum absolute atomic E-state index is 0.0825. The number of piperidine rings is 1. The molecule has 1 aliphatic rings. The van der Waals surface area contributed by atoms with Gasteiger partial charge in [0.15, 0.2) is 0 Å². The van der Waals surface area contributed by atoms with Crippen molar-refractivity contribution in [2.75, 3.05) is 13.1 Å². The van der Waals surface area contributed by atoms with Crippen LogP contribution in [0.25, 0.3) is 10.2 Å². The summed E-state index contributed by atoms with van der Waals surface area (Å²) in [7, 11) is 0. The number of carbonyl (C=O) groups is 1. The highest BCUT2D eigenvalue weighted by Crippen LogP contribution is 2.25. The first-order valence-corrected chi connectivity index (χ1v) is 8.79. The first-order valence-electron chi connectivity index (χ1n) is 7.98. The van der Waals surface area contributed by atoms with Gasteiger partial charge in [0.2, 0.25) is 5.91 Å². The van der Waals surface area contributed by atoms with Crippen LogP contribution in [0.5, 0.6) is 0 Å². The minimum atomic E-state index is -0.112. The Hall–Kier alpha value is -1.73. The van der Waals surface area contributed by atoms with Crippen molar-refractivity contribution >= 4 is 27.5 Å². The highest BCUT2D eigenvalue weighted by atomic mass is 32.1. The van der Waals surface area contributed by atoms with E-state index in [1.54, 1.807) is 0 Å². The van der Waals surface area contributed by atoms with Gasteiger partial charge in [0.05, 0.1) is 5.39 Å². The maximum Gasteiger partial charge on any atom is 0.259 e. The Bertz CT molecular complexity index is 795. The lowest BCUT2D eigenvalue weighted by atomic mass is 10.1. The van der Waals surface area contributed by atoms with Crippen molar-refractivity contribution in [3.05, 3.63) is 26.6 Å². The van der Waals surface area contributed by atoms with Crippen LogP contribution >= 0.6 is 11.3 Å². The third-order valence-corrected chi connectivity index (χ3v) is 5.58. The molecule has 0 spiro atoms. The number of rotatable bonds is 3. The van der Waals surface area contributed by atoms with E-state index in [1.165, 1.54) is 11.3 Å². The number of thiophene rings is 1. The van der Waals surface area contributed by atoms with Crippen molar-refractivity contribution in [1.82, 2.24) is 14.9 Å². The maximum atomic E-state index is 12.3. The topological polar surface area (TPSA) is 92.1 Å². The summed E-state index contributed by atoms with van der Waals surface area (Å²) in [5.41, 5.74) is 6.79. The van der Waals surface area contributed by atoms with Gasteiger partial charge in [-0.1, -0.05) is 0 Å². The number of fused-ring (bicyclic) bond motifs is 1. The van der Waals surface area contributed by atoms with E-state index in [0.717, 1.165) is 34.7 Å². The zero-order valence-corrected chi connectivity index (χ0v) is 14.3. The Morgan fingerprint density at radius 2 is 2.26 bits per heavy atom. The van der Waals surface area contributed by atoms with Crippen molar-refractivity contribution < 1.29 is 4.79 Å². The lowest BCUT2D eigenvalue weighted by molar-refractivity contribution is -0.132. The zero-order chi connectivity index (χ0) is 16.6. The number of amides is 1. The van der Waals surface area contributed by atoms with Crippen LogP contribution in [-0.4, -0.2) is 39.9 Å². The summed E-state index contributed by atoms with van der Waals surface area (Å²) in [6.45, 7) is 5.34. The Balaban J connectivity index is 1.72. The molecule has 3 rings (SSSR count). The standard InChI is InChI=1S/C16H22N4O2S/c1-9-10(2)23-16-14(9)15(22)18-12(19-16)5-6-13(21)20-7-3-4-11(17)8-20/h11H,3-8,17H2,1-2H3,(H,18,19,22). The van der Waals surface area contributed by atoms with Gasteiger partial charge in [-0.3, -0.25) is 9.59 Å². The second-order valence-electron chi connectivity index (χ2n) is 6.22. The van der Waals surface area contributed by atoms with Gasteiger partial charge in [-0.2, -0.15) is 0 Å². The maximum absolute atomic E-state index is 12.3. The van der Waals surface area contributed by atoms with E-state index >= 15 is 0 Å². The Kier molecular flexibility index (Phi) is 4.50. The molecule has 0 aromatic carbocycles. The zero-order valence-electron chi connectivity index (χ0n) is 13.5. The number of hydrogen-bond donors (Lipinski definition) is 2. The number of nitrogens with one attached hydrogen (secondary N) is 1. The second kappa shape index (κ2) is 6.41. The van der Waals surface area contributed by atoms with Crippen LogP contribution in [0.2, 0.25) is 0 Å². The Morgan fingerprint density at radius 3 is 3.00 bits per heavy atom. The van der Waals surface area contributed by atoms with Crippen LogP contribution in [0.4, 0.5) is 0 Å². The van der Waals surface area contributed by atoms with Crippen molar-refractivity contribution in [1.29, 1.82) is 0 Å². The Labute approximate surface area is 138 Å². The number of carbonyl (C=O) groups excluding carboxylic acids is 1. The molecular weight excluding hydrogens is 312 g/mol. The number of H-pyrrole nitrogens is 1. The number of aromatic amines is 1. The summed E-state index contributed by atoms with van der Waals surface area (Å²) in [6, 6.07) is 0.0825. The lowest BCUT2D eigenvalue weighted by Gasteiger charge is -2.30. The molecule has 1 amide bonds. The normalized spacial score (nSPS) is 18.6. The fourth-order valence-corrected chi connectivity index (χ4v) is 4.09. The molecule has 0 bridgehead atoms. The molecule has 1 fully saturated rings. The SMILES string of the molecule is Cc1sc2nc(CCC(=O)N3CCCC(N)C3)[nH]c(=O)c2c1C. The van der Waals surface area contributed by atoms with Gasteiger partial charge in [-0.15, -0.1) is 11.3 Å². The Morgan fingerprint density at radius 1 is 1.48 bits per heavy atom. The van der Waals surface area contributed by atoms with Gasteiger partial charge >= 0.3 is 0 Å². The van der Waals surface area contributed by atoms with E-state index in [4.69, 9.17) is 5.73 Å². The first-order chi connectivity index (χ1) is 11.0. The molecule has 1 saturated heterocycles. The van der Waals surface area contributed by atoms with Crippen LogP contribution in [0.3, 0.4) is 0 Å². The molecule has 2 aromatic heterocycles. The van der Waals surface area contributed by atoms with Crippen molar-refractivity contribution in [3.63, 3.8) is 0 Å². The van der Waals surface area contributed by atoms with Crippen molar-refractivity contribution in [3.8, 4) is 0 Å². The second-order valence-corrected chi connectivity index (χ2v) is 7.42. The van der Waals surface area contributed by atoms with Crippen LogP contribution in [0.15, 0.2) is 4.79 Å². The minimum Gasteiger partial charge on any atom is -0.341 e. The third-order valence-electron chi connectivity index (χ3n) is 4.47. The van der Waals surface area contributed by atoms with E-state index in [9.17, 15) is 9.59 Å². The molecule has 1 aliphatic heterocycles. The van der Waals surface area contributed by atoms with E-state index in [0.29, 0.717) is 30.6 Å². The average Bonchev–Trinajstić information content (AvgIpc) is 2.80. The number of aryl methyl sites for hydroxylation is 3. The van der Waals surface area contributed by atoms with Crippen LogP contribution in [0.1, 0.15) is 35.5 Å². The molecule has 0 saturated carbocycles. The summed E-state index contributed by atoms with van der Waals surface area (Å²) < 4.78 is 0. The molecule has 0 radical (unpaired) electrons. The number of aromatic nitrogens is 2. The van der Waals surface area contributed by atoms with E-state index in [2.05, 4.69) is 9.97 Å². The van der Waals surface area contributed by atoms with Crippen LogP contribution in [-0.2, 0) is 11.2 Å². The van der Waals surface area contributed by atoms with Gasteiger partial charge < -0.3 is 15.6 Å². The fourth-order valence-electron chi connectivity index (χ4n) is 3.04. The van der Waals surface area contributed by atoms with E-state index in [-0.39, 0.29) is 17.5 Å². The molecule has 6 nitrogen and oxygen atoms in total. The summed E-state index contributed by atoms with van der Waals surface area (Å²) in [6.07, 6.45) is 2.74. The smallest absolute Gasteiger partial charge is 0.259 e.